The van der Waals surface area contributed by atoms with E-state index in [9.17, 15) is 0 Å². The number of halogens is 1. The third-order valence-corrected chi connectivity index (χ3v) is 5.70. The maximum Gasteiger partial charge on any atom is 0.147 e. The van der Waals surface area contributed by atoms with Crippen LogP contribution < -0.4 is 0 Å². The second-order valence-electron chi connectivity index (χ2n) is 5.42. The van der Waals surface area contributed by atoms with Gasteiger partial charge >= 0.3 is 0 Å². The molecular formula is C19H10ClNS. The van der Waals surface area contributed by atoms with Gasteiger partial charge in [0.25, 0.3) is 0 Å². The Labute approximate surface area is 135 Å². The van der Waals surface area contributed by atoms with Crippen molar-refractivity contribution in [2.24, 2.45) is 0 Å². The van der Waals surface area contributed by atoms with Gasteiger partial charge in [0.1, 0.15) is 5.15 Å². The van der Waals surface area contributed by atoms with Crippen LogP contribution in [0, 0.1) is 0 Å². The average Bonchev–Trinajstić information content (AvgIpc) is 2.94. The van der Waals surface area contributed by atoms with E-state index in [4.69, 9.17) is 11.6 Å². The lowest BCUT2D eigenvalue weighted by Crippen LogP contribution is -1.83. The van der Waals surface area contributed by atoms with Crippen molar-refractivity contribution in [3.05, 3.63) is 65.8 Å². The first kappa shape index (κ1) is 12.4. The van der Waals surface area contributed by atoms with Gasteiger partial charge in [0.05, 0.1) is 10.2 Å². The van der Waals surface area contributed by atoms with Crippen molar-refractivity contribution in [3.8, 4) is 0 Å². The second-order valence-corrected chi connectivity index (χ2v) is 6.83. The molecule has 0 atom stereocenters. The molecule has 0 aliphatic heterocycles. The molecular weight excluding hydrogens is 310 g/mol. The van der Waals surface area contributed by atoms with Crippen LogP contribution in [0.1, 0.15) is 0 Å². The lowest BCUT2D eigenvalue weighted by Gasteiger charge is -2.05. The van der Waals surface area contributed by atoms with Crippen molar-refractivity contribution in [2.45, 2.75) is 0 Å². The van der Waals surface area contributed by atoms with Crippen LogP contribution in [0.15, 0.2) is 60.7 Å². The van der Waals surface area contributed by atoms with Gasteiger partial charge in [0.15, 0.2) is 0 Å². The molecule has 104 valence electrons. The first-order valence-electron chi connectivity index (χ1n) is 7.10. The van der Waals surface area contributed by atoms with Gasteiger partial charge in [0, 0.05) is 20.9 Å². The first-order chi connectivity index (χ1) is 10.8. The molecule has 0 amide bonds. The zero-order valence-corrected chi connectivity index (χ0v) is 13.1. The summed E-state index contributed by atoms with van der Waals surface area (Å²) in [6.07, 6.45) is 0. The van der Waals surface area contributed by atoms with E-state index in [1.165, 1.54) is 31.6 Å². The Kier molecular flexibility index (Phi) is 2.49. The molecule has 0 aliphatic carbocycles. The molecule has 2 aromatic heterocycles. The molecule has 0 fully saturated rings. The van der Waals surface area contributed by atoms with Crippen molar-refractivity contribution in [3.63, 3.8) is 0 Å². The molecule has 0 unspecified atom stereocenters. The Morgan fingerprint density at radius 3 is 2.41 bits per heavy atom. The van der Waals surface area contributed by atoms with E-state index in [1.54, 1.807) is 11.3 Å². The minimum atomic E-state index is 0.596. The van der Waals surface area contributed by atoms with Gasteiger partial charge in [-0.1, -0.05) is 54.1 Å². The summed E-state index contributed by atoms with van der Waals surface area (Å²) >= 11 is 8.17. The largest absolute Gasteiger partial charge is 0.235 e. The van der Waals surface area contributed by atoms with Crippen LogP contribution in [0.2, 0.25) is 5.15 Å². The summed E-state index contributed by atoms with van der Waals surface area (Å²) in [5.74, 6) is 0. The Morgan fingerprint density at radius 2 is 1.55 bits per heavy atom. The minimum Gasteiger partial charge on any atom is -0.235 e. The van der Waals surface area contributed by atoms with E-state index in [1.807, 2.05) is 6.07 Å². The summed E-state index contributed by atoms with van der Waals surface area (Å²) in [6.45, 7) is 0. The second kappa shape index (κ2) is 4.42. The number of hydrogen-bond acceptors (Lipinski definition) is 2. The molecule has 3 aromatic carbocycles. The van der Waals surface area contributed by atoms with Crippen LogP contribution in [0.3, 0.4) is 0 Å². The SMILES string of the molecule is Clc1nc2cc3ccccc3cc2c2c1sc1ccccc12. The predicted octanol–water partition coefficient (Wildman–Crippen LogP) is 6.41. The first-order valence-corrected chi connectivity index (χ1v) is 8.30. The highest BCUT2D eigenvalue weighted by atomic mass is 35.5. The number of fused-ring (bicyclic) bond motifs is 6. The van der Waals surface area contributed by atoms with Gasteiger partial charge in [-0.3, -0.25) is 0 Å². The van der Waals surface area contributed by atoms with Gasteiger partial charge in [-0.05, 0) is 29.0 Å². The fourth-order valence-electron chi connectivity index (χ4n) is 3.14. The van der Waals surface area contributed by atoms with Crippen molar-refractivity contribution < 1.29 is 0 Å². The van der Waals surface area contributed by atoms with E-state index >= 15 is 0 Å². The predicted molar refractivity (Wildman–Crippen MR) is 97.1 cm³/mol. The standard InChI is InChI=1S/C19H10ClNS/c20-19-18-17(13-7-3-4-8-16(13)22-18)14-9-11-5-1-2-6-12(11)10-15(14)21-19/h1-10H. The summed E-state index contributed by atoms with van der Waals surface area (Å²) in [5, 5.41) is 6.68. The van der Waals surface area contributed by atoms with Crippen LogP contribution in [0.25, 0.3) is 41.8 Å². The van der Waals surface area contributed by atoms with Crippen LogP contribution in [-0.4, -0.2) is 4.98 Å². The van der Waals surface area contributed by atoms with E-state index in [-0.39, 0.29) is 0 Å². The highest BCUT2D eigenvalue weighted by Gasteiger charge is 2.13. The summed E-state index contributed by atoms with van der Waals surface area (Å²) in [4.78, 5) is 4.63. The van der Waals surface area contributed by atoms with E-state index in [0.717, 1.165) is 10.2 Å². The molecule has 2 heterocycles. The van der Waals surface area contributed by atoms with Gasteiger partial charge < -0.3 is 0 Å². The van der Waals surface area contributed by atoms with Crippen molar-refractivity contribution in [1.29, 1.82) is 0 Å². The normalized spacial score (nSPS) is 11.9. The van der Waals surface area contributed by atoms with Crippen LogP contribution in [-0.2, 0) is 0 Å². The number of pyridine rings is 1. The Bertz CT molecular complexity index is 1190. The van der Waals surface area contributed by atoms with E-state index in [0.29, 0.717) is 5.15 Å². The quantitative estimate of drug-likeness (QED) is 0.237. The molecule has 0 radical (unpaired) electrons. The molecule has 0 saturated carbocycles. The molecule has 0 N–H and O–H groups in total. The number of aromatic nitrogens is 1. The number of thiophene rings is 1. The molecule has 0 aliphatic rings. The van der Waals surface area contributed by atoms with Gasteiger partial charge in [-0.15, -0.1) is 11.3 Å². The maximum absolute atomic E-state index is 6.46. The zero-order valence-electron chi connectivity index (χ0n) is 11.5. The third kappa shape index (κ3) is 1.62. The molecule has 1 nitrogen and oxygen atoms in total. The van der Waals surface area contributed by atoms with Gasteiger partial charge in [-0.2, -0.15) is 0 Å². The van der Waals surface area contributed by atoms with Crippen LogP contribution in [0.5, 0.6) is 0 Å². The number of benzene rings is 3. The molecule has 5 aromatic rings. The highest BCUT2D eigenvalue weighted by molar-refractivity contribution is 7.26. The number of rotatable bonds is 0. The third-order valence-electron chi connectivity index (χ3n) is 4.13. The van der Waals surface area contributed by atoms with E-state index in [2.05, 4.69) is 59.6 Å². The summed E-state index contributed by atoms with van der Waals surface area (Å²) in [7, 11) is 0. The van der Waals surface area contributed by atoms with Crippen LogP contribution >= 0.6 is 22.9 Å². The smallest absolute Gasteiger partial charge is 0.147 e. The Hall–Kier alpha value is -2.16. The minimum absolute atomic E-state index is 0.596. The van der Waals surface area contributed by atoms with Crippen molar-refractivity contribution >= 4 is 64.8 Å². The molecule has 22 heavy (non-hydrogen) atoms. The molecule has 3 heteroatoms. The van der Waals surface area contributed by atoms with Crippen LogP contribution in [0.4, 0.5) is 0 Å². The molecule has 0 spiro atoms. The fourth-order valence-corrected chi connectivity index (χ4v) is 4.54. The van der Waals surface area contributed by atoms with E-state index < -0.39 is 0 Å². The highest BCUT2D eigenvalue weighted by Crippen LogP contribution is 2.41. The van der Waals surface area contributed by atoms with Crippen molar-refractivity contribution in [1.82, 2.24) is 4.98 Å². The maximum atomic E-state index is 6.46. The number of nitrogens with zero attached hydrogens (tertiary/aromatic N) is 1. The lowest BCUT2D eigenvalue weighted by atomic mass is 10.0. The van der Waals surface area contributed by atoms with Gasteiger partial charge in [0.2, 0.25) is 0 Å². The topological polar surface area (TPSA) is 12.9 Å². The Balaban J connectivity index is 2.11. The lowest BCUT2D eigenvalue weighted by molar-refractivity contribution is 1.46. The molecule has 0 saturated heterocycles. The summed E-state index contributed by atoms with van der Waals surface area (Å²) < 4.78 is 2.33. The van der Waals surface area contributed by atoms with Crippen molar-refractivity contribution in [2.75, 3.05) is 0 Å². The number of hydrogen-bond donors (Lipinski definition) is 0. The summed E-state index contributed by atoms with van der Waals surface area (Å²) in [5.41, 5.74) is 0.958. The molecule has 0 bridgehead atoms. The fraction of sp³-hybridized carbons (Fsp3) is 0. The average molecular weight is 320 g/mol. The molecule has 5 rings (SSSR count). The zero-order chi connectivity index (χ0) is 14.7. The van der Waals surface area contributed by atoms with Gasteiger partial charge in [-0.25, -0.2) is 4.98 Å². The Morgan fingerprint density at radius 1 is 0.818 bits per heavy atom. The summed E-state index contributed by atoms with van der Waals surface area (Å²) in [6, 6.07) is 21.2. The monoisotopic (exact) mass is 319 g/mol.